The van der Waals surface area contributed by atoms with Gasteiger partial charge in [0.05, 0.1) is 12.2 Å². The van der Waals surface area contributed by atoms with Gasteiger partial charge in [0.1, 0.15) is 12.3 Å². The molecule has 6 atom stereocenters. The average Bonchev–Trinajstić information content (AvgIpc) is 3.20. The van der Waals surface area contributed by atoms with Gasteiger partial charge in [0.2, 0.25) is 5.91 Å². The van der Waals surface area contributed by atoms with Crippen LogP contribution >= 0.6 is 0 Å². The number of hydrazine groups is 1. The maximum Gasteiger partial charge on any atom is 0.229 e. The molecule has 1 heterocycles. The third-order valence-electron chi connectivity index (χ3n) is 6.52. The van der Waals surface area contributed by atoms with Gasteiger partial charge in [0, 0.05) is 30.8 Å². The van der Waals surface area contributed by atoms with Gasteiger partial charge in [-0.3, -0.25) is 20.5 Å². The Morgan fingerprint density at radius 3 is 2.55 bits per heavy atom. The topological polar surface area (TPSA) is 101 Å². The van der Waals surface area contributed by atoms with Gasteiger partial charge in [-0.05, 0) is 50.4 Å². The molecule has 6 unspecified atom stereocenters. The number of carbonyl (C=O) groups excluding carboxylic acids is 1. The highest BCUT2D eigenvalue weighted by Gasteiger charge is 2.37. The van der Waals surface area contributed by atoms with Crippen LogP contribution < -0.4 is 21.5 Å². The molecule has 1 amide bonds. The van der Waals surface area contributed by atoms with E-state index in [2.05, 4.69) is 46.4 Å². The molecular formula is C22H36F2N6O. The Morgan fingerprint density at radius 1 is 1.13 bits per heavy atom. The molecule has 0 aromatic heterocycles. The molecule has 0 aromatic carbocycles. The normalized spacial score (nSPS) is 36.8. The molecule has 0 aromatic rings. The molecule has 0 radical (unpaired) electrons. The van der Waals surface area contributed by atoms with E-state index < -0.39 is 12.3 Å². The van der Waals surface area contributed by atoms with E-state index in [1.807, 2.05) is 0 Å². The average molecular weight is 439 g/mol. The predicted octanol–water partition coefficient (Wildman–Crippen LogP) is 2.70. The van der Waals surface area contributed by atoms with Gasteiger partial charge in [0.15, 0.2) is 5.96 Å². The molecule has 1 saturated heterocycles. The van der Waals surface area contributed by atoms with Gasteiger partial charge in [-0.25, -0.2) is 14.2 Å². The van der Waals surface area contributed by atoms with Crippen LogP contribution in [0.2, 0.25) is 0 Å². The van der Waals surface area contributed by atoms with Gasteiger partial charge in [-0.2, -0.15) is 5.26 Å². The fraction of sp³-hybridized carbons (Fsp3) is 0.864. The van der Waals surface area contributed by atoms with Crippen LogP contribution in [0, 0.1) is 35.0 Å². The summed E-state index contributed by atoms with van der Waals surface area (Å²) in [6, 6.07) is 2.25. The van der Waals surface area contributed by atoms with E-state index in [0.29, 0.717) is 44.1 Å². The van der Waals surface area contributed by atoms with Crippen molar-refractivity contribution in [2.45, 2.75) is 89.8 Å². The summed E-state index contributed by atoms with van der Waals surface area (Å²) >= 11 is 0. The molecule has 3 aliphatic rings. The second-order valence-corrected chi connectivity index (χ2v) is 9.75. The zero-order valence-corrected chi connectivity index (χ0v) is 18.5. The molecule has 31 heavy (non-hydrogen) atoms. The monoisotopic (exact) mass is 438 g/mol. The Labute approximate surface area is 183 Å². The number of aliphatic imine (C=N–C) groups is 1. The molecule has 0 bridgehead atoms. The van der Waals surface area contributed by atoms with Crippen LogP contribution in [0.25, 0.3) is 0 Å². The lowest BCUT2D eigenvalue weighted by atomic mass is 9.81. The summed E-state index contributed by atoms with van der Waals surface area (Å²) in [4.78, 5) is 17.4. The number of guanidine groups is 1. The Hall–Kier alpha value is -1.79. The van der Waals surface area contributed by atoms with Crippen LogP contribution in [0.1, 0.15) is 65.2 Å². The largest absolute Gasteiger partial charge is 0.339 e. The number of hydrogen-bond acceptors (Lipinski definition) is 5. The molecule has 2 aliphatic carbocycles. The van der Waals surface area contributed by atoms with E-state index in [1.54, 1.807) is 0 Å². The lowest BCUT2D eigenvalue weighted by Crippen LogP contribution is -2.52. The van der Waals surface area contributed by atoms with Crippen LogP contribution in [0.3, 0.4) is 0 Å². The summed E-state index contributed by atoms with van der Waals surface area (Å²) in [5, 5.41) is 15.4. The Morgan fingerprint density at radius 2 is 1.87 bits per heavy atom. The van der Waals surface area contributed by atoms with E-state index in [1.165, 1.54) is 0 Å². The highest BCUT2D eigenvalue weighted by Crippen LogP contribution is 2.33. The molecule has 3 fully saturated rings. The Bertz CT molecular complexity index is 671. The van der Waals surface area contributed by atoms with Crippen LogP contribution in [0.4, 0.5) is 8.78 Å². The highest BCUT2D eigenvalue weighted by molar-refractivity contribution is 5.98. The standard InChI is InChI=1S/C22H36F2N6O/c1-13(2)12-26-22(28-21(31)15-5-3-4-14(6-15)11-25)27-20-10-19(29-30-20)16-7-17(23)9-18(24)8-16/h13-20,29-30H,3-10,12H2,1-2H3,(H2,26,27,28,31). The van der Waals surface area contributed by atoms with Crippen molar-refractivity contribution in [2.24, 2.45) is 28.7 Å². The summed E-state index contributed by atoms with van der Waals surface area (Å²) in [6.45, 7) is 4.67. The van der Waals surface area contributed by atoms with Crippen molar-refractivity contribution in [2.75, 3.05) is 6.54 Å². The highest BCUT2D eigenvalue weighted by atomic mass is 19.1. The first-order valence-corrected chi connectivity index (χ1v) is 11.6. The zero-order valence-electron chi connectivity index (χ0n) is 18.5. The molecule has 2 saturated carbocycles. The summed E-state index contributed by atoms with van der Waals surface area (Å²) < 4.78 is 27.6. The number of hydrogen-bond donors (Lipinski definition) is 4. The molecule has 0 spiro atoms. The van der Waals surface area contributed by atoms with E-state index in [9.17, 15) is 18.8 Å². The van der Waals surface area contributed by atoms with Crippen molar-refractivity contribution >= 4 is 11.9 Å². The zero-order chi connectivity index (χ0) is 22.4. The molecule has 4 N–H and O–H groups in total. The first kappa shape index (κ1) is 23.9. The molecular weight excluding hydrogens is 402 g/mol. The molecule has 7 nitrogen and oxygen atoms in total. The maximum atomic E-state index is 13.8. The first-order valence-electron chi connectivity index (χ1n) is 11.6. The number of amides is 1. The first-order chi connectivity index (χ1) is 14.8. The third-order valence-corrected chi connectivity index (χ3v) is 6.52. The number of halogens is 2. The minimum Gasteiger partial charge on any atom is -0.339 e. The minimum absolute atomic E-state index is 0.00416. The number of alkyl halides is 2. The fourth-order valence-electron chi connectivity index (χ4n) is 4.86. The van der Waals surface area contributed by atoms with Gasteiger partial charge in [-0.1, -0.05) is 20.3 Å². The Kier molecular flexibility index (Phi) is 8.61. The molecule has 174 valence electrons. The van der Waals surface area contributed by atoms with Gasteiger partial charge in [0.25, 0.3) is 0 Å². The van der Waals surface area contributed by atoms with E-state index in [0.717, 1.165) is 19.3 Å². The summed E-state index contributed by atoms with van der Waals surface area (Å²) in [6.07, 6.45) is 2.12. The number of carbonyl (C=O) groups is 1. The maximum absolute atomic E-state index is 13.8. The summed E-state index contributed by atoms with van der Waals surface area (Å²) in [5.41, 5.74) is 6.31. The smallest absolute Gasteiger partial charge is 0.229 e. The quantitative estimate of drug-likeness (QED) is 0.391. The van der Waals surface area contributed by atoms with Crippen molar-refractivity contribution < 1.29 is 13.6 Å². The van der Waals surface area contributed by atoms with Crippen LogP contribution in [-0.4, -0.2) is 43.0 Å². The third kappa shape index (κ3) is 7.11. The van der Waals surface area contributed by atoms with Gasteiger partial charge < -0.3 is 5.32 Å². The van der Waals surface area contributed by atoms with Crippen molar-refractivity contribution in [1.29, 1.82) is 5.26 Å². The summed E-state index contributed by atoms with van der Waals surface area (Å²) in [7, 11) is 0. The number of nitriles is 1. The van der Waals surface area contributed by atoms with E-state index in [-0.39, 0.29) is 42.3 Å². The molecule has 9 heteroatoms. The SMILES string of the molecule is CC(C)CN=C(NC(=O)C1CCCC(C#N)C1)NC1CC(C2CC(F)CC(F)C2)NN1. The lowest BCUT2D eigenvalue weighted by Gasteiger charge is -2.31. The summed E-state index contributed by atoms with van der Waals surface area (Å²) in [5.74, 6) is 0.326. The van der Waals surface area contributed by atoms with Crippen LogP contribution in [-0.2, 0) is 4.79 Å². The number of nitrogens with zero attached hydrogens (tertiary/aromatic N) is 2. The molecule has 3 rings (SSSR count). The Balaban J connectivity index is 1.56. The van der Waals surface area contributed by atoms with Gasteiger partial charge >= 0.3 is 0 Å². The van der Waals surface area contributed by atoms with E-state index >= 15 is 0 Å². The second-order valence-electron chi connectivity index (χ2n) is 9.75. The minimum atomic E-state index is -1.09. The second kappa shape index (κ2) is 11.2. The van der Waals surface area contributed by atoms with E-state index in [4.69, 9.17) is 0 Å². The van der Waals surface area contributed by atoms with Crippen molar-refractivity contribution in [3.05, 3.63) is 0 Å². The van der Waals surface area contributed by atoms with Crippen LogP contribution in [0.5, 0.6) is 0 Å². The van der Waals surface area contributed by atoms with Crippen molar-refractivity contribution in [1.82, 2.24) is 21.5 Å². The molecule has 1 aliphatic heterocycles. The number of rotatable bonds is 5. The van der Waals surface area contributed by atoms with Crippen LogP contribution in [0.15, 0.2) is 4.99 Å². The van der Waals surface area contributed by atoms with Gasteiger partial charge in [-0.15, -0.1) is 0 Å². The number of nitrogens with one attached hydrogen (secondary N) is 4. The van der Waals surface area contributed by atoms with Crippen molar-refractivity contribution in [3.8, 4) is 6.07 Å². The lowest BCUT2D eigenvalue weighted by molar-refractivity contribution is -0.124. The van der Waals surface area contributed by atoms with Crippen molar-refractivity contribution in [3.63, 3.8) is 0 Å². The fourth-order valence-corrected chi connectivity index (χ4v) is 4.86. The predicted molar refractivity (Wildman–Crippen MR) is 115 cm³/mol.